The van der Waals surface area contributed by atoms with Crippen molar-refractivity contribution in [2.45, 2.75) is 16.1 Å². The Bertz CT molecular complexity index is 1180. The average molecular weight is 393 g/mol. The Morgan fingerprint density at radius 1 is 1.04 bits per heavy atom. The molecule has 0 N–H and O–H groups in total. The normalized spacial score (nSPS) is 22.1. The second-order valence-electron chi connectivity index (χ2n) is 7.39. The third-order valence-corrected chi connectivity index (χ3v) is 7.97. The van der Waals surface area contributed by atoms with Crippen LogP contribution in [0.2, 0.25) is 0 Å². The number of rotatable bonds is 2. The van der Waals surface area contributed by atoms with Gasteiger partial charge in [-0.2, -0.15) is 5.10 Å². The van der Waals surface area contributed by atoms with Crippen molar-refractivity contribution in [3.63, 3.8) is 0 Å². The minimum atomic E-state index is -3.45. The molecule has 5 rings (SSSR count). The Hall–Kier alpha value is -2.93. The zero-order chi connectivity index (χ0) is 19.5. The molecule has 0 spiro atoms. The summed E-state index contributed by atoms with van der Waals surface area (Å²) in [5.41, 5.74) is 3.20. The second-order valence-corrected chi connectivity index (χ2v) is 9.53. The van der Waals surface area contributed by atoms with Crippen LogP contribution in [0.25, 0.3) is 11.1 Å². The molecule has 0 saturated carbocycles. The predicted octanol–water partition coefficient (Wildman–Crippen LogP) is 2.48. The highest BCUT2D eigenvalue weighted by Crippen LogP contribution is 2.46. The van der Waals surface area contributed by atoms with Gasteiger partial charge in [-0.05, 0) is 34.9 Å². The first-order valence-corrected chi connectivity index (χ1v) is 10.7. The van der Waals surface area contributed by atoms with Gasteiger partial charge in [-0.1, -0.05) is 36.4 Å². The zero-order valence-corrected chi connectivity index (χ0v) is 16.1. The van der Waals surface area contributed by atoms with Crippen LogP contribution in [-0.4, -0.2) is 47.3 Å². The van der Waals surface area contributed by atoms with Gasteiger partial charge < -0.3 is 4.90 Å². The number of aryl methyl sites for hydroxylation is 1. The molecule has 3 aromatic rings. The molecular formula is C21H19N3O3S. The number of aromatic nitrogens is 2. The van der Waals surface area contributed by atoms with Crippen LogP contribution in [0.1, 0.15) is 22.0 Å². The first kappa shape index (κ1) is 17.2. The predicted molar refractivity (Wildman–Crippen MR) is 105 cm³/mol. The minimum absolute atomic E-state index is 0.198. The zero-order valence-electron chi connectivity index (χ0n) is 15.3. The number of hydrogen-bond donors (Lipinski definition) is 0. The molecule has 1 amide bonds. The molecule has 1 aromatic heterocycles. The van der Waals surface area contributed by atoms with Crippen LogP contribution in [-0.2, 0) is 16.9 Å². The summed E-state index contributed by atoms with van der Waals surface area (Å²) in [5.74, 6) is -0.415. The van der Waals surface area contributed by atoms with Gasteiger partial charge in [-0.25, -0.2) is 8.42 Å². The lowest BCUT2D eigenvalue weighted by molar-refractivity contribution is 0.0784. The van der Waals surface area contributed by atoms with Crippen molar-refractivity contribution in [3.8, 4) is 11.1 Å². The Balaban J connectivity index is 1.52. The van der Waals surface area contributed by atoms with Crippen LogP contribution < -0.4 is 0 Å². The standard InChI is InChI=1S/C21H19N3O3S/c1-23-10-9-18(22-23)21(25)24-12-17-16-11-15(14-5-3-2-4-6-14)7-8-19(16)28(26,27)20(17)13-24/h2-11,17,20H,12-13H2,1H3/t17-,20-/m1/s1. The maximum atomic E-state index is 13.1. The van der Waals surface area contributed by atoms with Gasteiger partial charge in [0.1, 0.15) is 5.69 Å². The molecule has 1 saturated heterocycles. The summed E-state index contributed by atoms with van der Waals surface area (Å²) in [4.78, 5) is 14.8. The molecule has 1 fully saturated rings. The lowest BCUT2D eigenvalue weighted by atomic mass is 9.94. The van der Waals surface area contributed by atoms with Crippen LogP contribution in [0.3, 0.4) is 0 Å². The fourth-order valence-electron chi connectivity index (χ4n) is 4.31. The fraction of sp³-hybridized carbons (Fsp3) is 0.238. The number of nitrogens with zero attached hydrogens (tertiary/aromatic N) is 3. The van der Waals surface area contributed by atoms with E-state index in [1.165, 1.54) is 0 Å². The van der Waals surface area contributed by atoms with Crippen LogP contribution in [0.4, 0.5) is 0 Å². The third kappa shape index (κ3) is 2.50. The van der Waals surface area contributed by atoms with Gasteiger partial charge in [-0.15, -0.1) is 0 Å². The Morgan fingerprint density at radius 2 is 1.82 bits per heavy atom. The van der Waals surface area contributed by atoms with Crippen molar-refractivity contribution in [2.75, 3.05) is 13.1 Å². The van der Waals surface area contributed by atoms with E-state index in [4.69, 9.17) is 0 Å². The van der Waals surface area contributed by atoms with E-state index >= 15 is 0 Å². The van der Waals surface area contributed by atoms with Crippen molar-refractivity contribution in [1.29, 1.82) is 0 Å². The van der Waals surface area contributed by atoms with Crippen LogP contribution in [0, 0.1) is 0 Å². The fourth-order valence-corrected chi connectivity index (χ4v) is 6.48. The Morgan fingerprint density at radius 3 is 2.54 bits per heavy atom. The van der Waals surface area contributed by atoms with Gasteiger partial charge in [-0.3, -0.25) is 9.48 Å². The second kappa shape index (κ2) is 6.04. The summed E-state index contributed by atoms with van der Waals surface area (Å²) < 4.78 is 27.7. The number of fused-ring (bicyclic) bond motifs is 3. The lowest BCUT2D eigenvalue weighted by Crippen LogP contribution is -2.32. The smallest absolute Gasteiger partial charge is 0.274 e. The highest BCUT2D eigenvalue weighted by Gasteiger charge is 2.51. The third-order valence-electron chi connectivity index (χ3n) is 5.71. The summed E-state index contributed by atoms with van der Waals surface area (Å²) >= 11 is 0. The molecule has 2 aromatic carbocycles. The number of benzene rings is 2. The minimum Gasteiger partial charge on any atom is -0.335 e. The first-order chi connectivity index (χ1) is 13.4. The molecule has 6 nitrogen and oxygen atoms in total. The summed E-state index contributed by atoms with van der Waals surface area (Å²) in [7, 11) is -1.69. The molecule has 28 heavy (non-hydrogen) atoms. The van der Waals surface area contributed by atoms with E-state index < -0.39 is 15.1 Å². The number of carbonyl (C=O) groups excluding carboxylic acids is 1. The molecular weight excluding hydrogens is 374 g/mol. The van der Waals surface area contributed by atoms with E-state index in [1.54, 1.807) is 35.0 Å². The molecule has 0 bridgehead atoms. The van der Waals surface area contributed by atoms with Crippen molar-refractivity contribution < 1.29 is 13.2 Å². The number of carbonyl (C=O) groups is 1. The molecule has 0 unspecified atom stereocenters. The lowest BCUT2D eigenvalue weighted by Gasteiger charge is -2.17. The monoisotopic (exact) mass is 393 g/mol. The largest absolute Gasteiger partial charge is 0.335 e. The summed E-state index contributed by atoms with van der Waals surface area (Å²) in [6.45, 7) is 0.600. The van der Waals surface area contributed by atoms with Gasteiger partial charge in [0, 0.05) is 32.3 Å². The summed E-state index contributed by atoms with van der Waals surface area (Å²) in [5, 5.41) is 3.58. The van der Waals surface area contributed by atoms with Crippen LogP contribution in [0.5, 0.6) is 0 Å². The van der Waals surface area contributed by atoms with E-state index in [0.717, 1.165) is 16.7 Å². The molecule has 142 valence electrons. The van der Waals surface area contributed by atoms with Gasteiger partial charge in [0.05, 0.1) is 10.1 Å². The SMILES string of the molecule is Cn1ccc(C(=O)N2C[C@@H]3c4cc(-c5ccccc5)ccc4S(=O)(=O)[C@@H]3C2)n1. The molecule has 7 heteroatoms. The highest BCUT2D eigenvalue weighted by molar-refractivity contribution is 7.92. The van der Waals surface area contributed by atoms with Gasteiger partial charge >= 0.3 is 0 Å². The quantitative estimate of drug-likeness (QED) is 0.671. The van der Waals surface area contributed by atoms with E-state index in [2.05, 4.69) is 5.10 Å². The summed E-state index contributed by atoms with van der Waals surface area (Å²) in [6.07, 6.45) is 1.71. The summed E-state index contributed by atoms with van der Waals surface area (Å²) in [6, 6.07) is 17.1. The molecule has 2 aliphatic rings. The topological polar surface area (TPSA) is 72.3 Å². The number of sulfone groups is 1. The molecule has 0 radical (unpaired) electrons. The van der Waals surface area contributed by atoms with Gasteiger partial charge in [0.2, 0.25) is 0 Å². The van der Waals surface area contributed by atoms with Gasteiger partial charge in [0.25, 0.3) is 5.91 Å². The Labute approximate surface area is 163 Å². The first-order valence-electron chi connectivity index (χ1n) is 9.17. The van der Waals surface area contributed by atoms with Crippen molar-refractivity contribution in [2.24, 2.45) is 7.05 Å². The molecule has 2 atom stereocenters. The molecule has 0 aliphatic carbocycles. The van der Waals surface area contributed by atoms with Crippen LogP contribution in [0.15, 0.2) is 65.7 Å². The van der Waals surface area contributed by atoms with E-state index in [-0.39, 0.29) is 18.4 Å². The van der Waals surface area contributed by atoms with Crippen LogP contribution >= 0.6 is 0 Å². The van der Waals surface area contributed by atoms with Gasteiger partial charge in [0.15, 0.2) is 9.84 Å². The number of likely N-dealkylation sites (tertiary alicyclic amines) is 1. The average Bonchev–Trinajstić information content (AvgIpc) is 3.38. The van der Waals surface area contributed by atoms with E-state index in [0.29, 0.717) is 17.1 Å². The Kier molecular flexibility index (Phi) is 3.71. The number of hydrogen-bond acceptors (Lipinski definition) is 4. The van der Waals surface area contributed by atoms with Crippen molar-refractivity contribution in [1.82, 2.24) is 14.7 Å². The van der Waals surface area contributed by atoms with Crippen molar-refractivity contribution >= 4 is 15.7 Å². The maximum Gasteiger partial charge on any atom is 0.274 e. The van der Waals surface area contributed by atoms with E-state index in [1.807, 2.05) is 42.5 Å². The molecule has 2 aliphatic heterocycles. The van der Waals surface area contributed by atoms with Crippen molar-refractivity contribution in [3.05, 3.63) is 72.1 Å². The maximum absolute atomic E-state index is 13.1. The molecule has 3 heterocycles. The highest BCUT2D eigenvalue weighted by atomic mass is 32.2. The van der Waals surface area contributed by atoms with E-state index in [9.17, 15) is 13.2 Å². The number of amides is 1.